The van der Waals surface area contributed by atoms with Crippen LogP contribution in [-0.2, 0) is 9.84 Å². The van der Waals surface area contributed by atoms with Crippen LogP contribution >= 0.6 is 0 Å². The van der Waals surface area contributed by atoms with Crippen LogP contribution in [0.4, 0.5) is 17.5 Å². The van der Waals surface area contributed by atoms with Gasteiger partial charge in [-0.2, -0.15) is 4.98 Å². The zero-order valence-corrected chi connectivity index (χ0v) is 19.6. The van der Waals surface area contributed by atoms with Crippen LogP contribution in [0.25, 0.3) is 16.7 Å². The summed E-state index contributed by atoms with van der Waals surface area (Å²) < 4.78 is 25.4. The zero-order valence-electron chi connectivity index (χ0n) is 18.8. The van der Waals surface area contributed by atoms with E-state index in [-0.39, 0.29) is 4.90 Å². The van der Waals surface area contributed by atoms with Gasteiger partial charge in [-0.25, -0.2) is 18.4 Å². The van der Waals surface area contributed by atoms with Crippen molar-refractivity contribution in [2.45, 2.75) is 23.3 Å². The molecule has 3 aromatic heterocycles. The van der Waals surface area contributed by atoms with Crippen molar-refractivity contribution < 1.29 is 8.42 Å². The van der Waals surface area contributed by atoms with E-state index >= 15 is 0 Å². The molecule has 0 amide bonds. The molecule has 10 heteroatoms. The molecule has 2 aliphatic rings. The summed E-state index contributed by atoms with van der Waals surface area (Å²) in [5, 5.41) is 7.76. The molecule has 0 bridgehead atoms. The fourth-order valence-corrected chi connectivity index (χ4v) is 5.08. The molecule has 1 aromatic carbocycles. The number of anilines is 3. The van der Waals surface area contributed by atoms with Crippen molar-refractivity contribution in [3.05, 3.63) is 61.1 Å². The van der Waals surface area contributed by atoms with E-state index in [4.69, 9.17) is 4.98 Å². The minimum atomic E-state index is -3.24. The Kier molecular flexibility index (Phi) is 4.82. The second-order valence-corrected chi connectivity index (χ2v) is 11.1. The SMILES string of the molecule is CS(=O)(=O)c1ccc(-n2ccc3cnc(Nc4ccc(N5CCNC6(CC6)C5)nc4)nc32)cc1. The Labute approximate surface area is 197 Å². The number of hydrogen-bond donors (Lipinski definition) is 2. The Hall–Kier alpha value is -3.50. The Bertz CT molecular complexity index is 1460. The van der Waals surface area contributed by atoms with E-state index < -0.39 is 9.84 Å². The molecule has 174 valence electrons. The third-order valence-electron chi connectivity index (χ3n) is 6.53. The summed E-state index contributed by atoms with van der Waals surface area (Å²) in [6, 6.07) is 12.7. The lowest BCUT2D eigenvalue weighted by Crippen LogP contribution is -2.52. The molecule has 2 fully saturated rings. The standard InChI is InChI=1S/C24H25N7O2S/c1-34(32,33)20-5-3-19(4-6-20)31-12-8-17-14-26-23(29-22(17)31)28-18-2-7-21(25-15-18)30-13-11-27-24(16-30)9-10-24/h2-8,12,14-15,27H,9-11,13,16H2,1H3,(H,26,28,29). The highest BCUT2D eigenvalue weighted by Crippen LogP contribution is 2.38. The number of aromatic nitrogens is 4. The Morgan fingerprint density at radius 3 is 2.56 bits per heavy atom. The molecular formula is C24H25N7O2S. The van der Waals surface area contributed by atoms with Gasteiger partial charge in [-0.1, -0.05) is 0 Å². The first kappa shape index (κ1) is 21.1. The van der Waals surface area contributed by atoms with Crippen LogP contribution in [-0.4, -0.2) is 59.4 Å². The van der Waals surface area contributed by atoms with E-state index in [9.17, 15) is 8.42 Å². The van der Waals surface area contributed by atoms with Crippen LogP contribution in [0.3, 0.4) is 0 Å². The van der Waals surface area contributed by atoms with Crippen molar-refractivity contribution in [1.29, 1.82) is 0 Å². The summed E-state index contributed by atoms with van der Waals surface area (Å²) in [6.07, 6.45) is 9.16. The maximum Gasteiger partial charge on any atom is 0.229 e. The molecule has 1 aliphatic carbocycles. The number of nitrogens with one attached hydrogen (secondary N) is 2. The highest BCUT2D eigenvalue weighted by atomic mass is 32.2. The number of piperazine rings is 1. The normalized spacial score (nSPS) is 17.3. The van der Waals surface area contributed by atoms with Crippen molar-refractivity contribution in [1.82, 2.24) is 24.8 Å². The van der Waals surface area contributed by atoms with E-state index in [1.807, 2.05) is 35.2 Å². The van der Waals surface area contributed by atoms with E-state index in [2.05, 4.69) is 25.5 Å². The van der Waals surface area contributed by atoms with Crippen molar-refractivity contribution >= 4 is 38.3 Å². The van der Waals surface area contributed by atoms with Gasteiger partial charge in [-0.15, -0.1) is 0 Å². The second-order valence-electron chi connectivity index (χ2n) is 9.08. The number of nitrogens with zero attached hydrogens (tertiary/aromatic N) is 5. The van der Waals surface area contributed by atoms with Gasteiger partial charge >= 0.3 is 0 Å². The fraction of sp³-hybridized carbons (Fsp3) is 0.292. The maximum atomic E-state index is 11.8. The third kappa shape index (κ3) is 3.99. The van der Waals surface area contributed by atoms with Gasteiger partial charge in [0.2, 0.25) is 5.95 Å². The smallest absolute Gasteiger partial charge is 0.229 e. The molecule has 9 nitrogen and oxygen atoms in total. The average molecular weight is 476 g/mol. The van der Waals surface area contributed by atoms with E-state index in [0.717, 1.165) is 47.9 Å². The number of benzene rings is 1. The molecule has 4 aromatic rings. The van der Waals surface area contributed by atoms with Crippen LogP contribution in [0.1, 0.15) is 12.8 Å². The summed E-state index contributed by atoms with van der Waals surface area (Å²) in [4.78, 5) is 16.4. The number of pyridine rings is 1. The van der Waals surface area contributed by atoms with Gasteiger partial charge in [0.1, 0.15) is 11.5 Å². The molecule has 34 heavy (non-hydrogen) atoms. The lowest BCUT2D eigenvalue weighted by molar-refractivity contribution is 0.440. The van der Waals surface area contributed by atoms with Crippen LogP contribution in [0.15, 0.2) is 66.0 Å². The lowest BCUT2D eigenvalue weighted by Gasteiger charge is -2.34. The molecule has 6 rings (SSSR count). The van der Waals surface area contributed by atoms with Gasteiger partial charge in [0.05, 0.1) is 16.8 Å². The Morgan fingerprint density at radius 1 is 1.03 bits per heavy atom. The van der Waals surface area contributed by atoms with E-state index in [1.165, 1.54) is 19.1 Å². The van der Waals surface area contributed by atoms with Crippen molar-refractivity contribution in [2.24, 2.45) is 0 Å². The van der Waals surface area contributed by atoms with Gasteiger partial charge in [-0.3, -0.25) is 0 Å². The van der Waals surface area contributed by atoms with Crippen molar-refractivity contribution in [3.8, 4) is 5.69 Å². The second kappa shape index (κ2) is 7.78. The van der Waals surface area contributed by atoms with Crippen LogP contribution < -0.4 is 15.5 Å². The van der Waals surface area contributed by atoms with Crippen LogP contribution in [0.5, 0.6) is 0 Å². The molecule has 0 radical (unpaired) electrons. The third-order valence-corrected chi connectivity index (χ3v) is 7.66. The molecule has 1 saturated carbocycles. The minimum Gasteiger partial charge on any atom is -0.353 e. The number of fused-ring (bicyclic) bond motifs is 1. The number of rotatable bonds is 5. The molecule has 0 unspecified atom stereocenters. The molecular weight excluding hydrogens is 450 g/mol. The van der Waals surface area contributed by atoms with Gasteiger partial charge in [0.25, 0.3) is 0 Å². The van der Waals surface area contributed by atoms with E-state index in [1.54, 1.807) is 30.5 Å². The number of hydrogen-bond acceptors (Lipinski definition) is 8. The Morgan fingerprint density at radius 2 is 1.85 bits per heavy atom. The fourth-order valence-electron chi connectivity index (χ4n) is 4.45. The lowest BCUT2D eigenvalue weighted by atomic mass is 10.2. The molecule has 2 N–H and O–H groups in total. The predicted molar refractivity (Wildman–Crippen MR) is 132 cm³/mol. The predicted octanol–water partition coefficient (Wildman–Crippen LogP) is 2.90. The highest BCUT2D eigenvalue weighted by molar-refractivity contribution is 7.90. The topological polar surface area (TPSA) is 105 Å². The maximum absolute atomic E-state index is 11.8. The first-order valence-electron chi connectivity index (χ1n) is 11.3. The van der Waals surface area contributed by atoms with E-state index in [0.29, 0.717) is 11.5 Å². The average Bonchev–Trinajstić information content (AvgIpc) is 3.44. The highest BCUT2D eigenvalue weighted by Gasteiger charge is 2.45. The summed E-state index contributed by atoms with van der Waals surface area (Å²) in [6.45, 7) is 2.96. The molecule has 1 spiro atoms. The first-order chi connectivity index (χ1) is 16.4. The zero-order chi connectivity index (χ0) is 23.3. The van der Waals surface area contributed by atoms with Gasteiger partial charge < -0.3 is 20.1 Å². The van der Waals surface area contributed by atoms with Crippen LogP contribution in [0.2, 0.25) is 0 Å². The summed E-state index contributed by atoms with van der Waals surface area (Å²) in [5.41, 5.74) is 2.67. The first-order valence-corrected chi connectivity index (χ1v) is 13.2. The largest absolute Gasteiger partial charge is 0.353 e. The Balaban J connectivity index is 1.22. The molecule has 1 aliphatic heterocycles. The minimum absolute atomic E-state index is 0.286. The van der Waals surface area contributed by atoms with Gasteiger partial charge in [-0.05, 0) is 55.3 Å². The van der Waals surface area contributed by atoms with Crippen molar-refractivity contribution in [2.75, 3.05) is 36.1 Å². The monoisotopic (exact) mass is 475 g/mol. The van der Waals surface area contributed by atoms with Crippen LogP contribution in [0, 0.1) is 0 Å². The quantitative estimate of drug-likeness (QED) is 0.454. The number of sulfone groups is 1. The van der Waals surface area contributed by atoms with Gasteiger partial charge in [0.15, 0.2) is 9.84 Å². The molecule has 0 atom stereocenters. The summed E-state index contributed by atoms with van der Waals surface area (Å²) >= 11 is 0. The summed E-state index contributed by atoms with van der Waals surface area (Å²) in [7, 11) is -3.24. The summed E-state index contributed by atoms with van der Waals surface area (Å²) in [5.74, 6) is 1.45. The molecule has 4 heterocycles. The molecule has 1 saturated heterocycles. The van der Waals surface area contributed by atoms with Crippen molar-refractivity contribution in [3.63, 3.8) is 0 Å². The van der Waals surface area contributed by atoms with Gasteiger partial charge in [0, 0.05) is 54.9 Å².